The van der Waals surface area contributed by atoms with Crippen LogP contribution in [0.3, 0.4) is 0 Å². The number of benzene rings is 3. The average Bonchev–Trinajstić information content (AvgIpc) is 2.65. The third-order valence-electron chi connectivity index (χ3n) is 3.98. The molecule has 0 atom stereocenters. The Morgan fingerprint density at radius 2 is 1.74 bits per heavy atom. The molecule has 27 heavy (non-hydrogen) atoms. The van der Waals surface area contributed by atoms with E-state index in [1.165, 1.54) is 6.92 Å². The topological polar surface area (TPSA) is 55.4 Å². The number of carbonyl (C=O) groups is 2. The lowest BCUT2D eigenvalue weighted by molar-refractivity contribution is 0.101. The highest BCUT2D eigenvalue weighted by molar-refractivity contribution is 6.30. The first-order chi connectivity index (χ1) is 13.0. The Kier molecular flexibility index (Phi) is 5.89. The Morgan fingerprint density at radius 3 is 2.48 bits per heavy atom. The van der Waals surface area contributed by atoms with Crippen LogP contribution in [-0.2, 0) is 6.42 Å². The van der Waals surface area contributed by atoms with E-state index in [-0.39, 0.29) is 5.78 Å². The Balaban J connectivity index is 1.76. The second-order valence-electron chi connectivity index (χ2n) is 6.07. The van der Waals surface area contributed by atoms with Crippen molar-refractivity contribution in [3.05, 3.63) is 94.5 Å². The zero-order chi connectivity index (χ0) is 19.2. The number of halogens is 1. The molecule has 5 heteroatoms. The monoisotopic (exact) mass is 379 g/mol. The SMILES string of the molecule is CC(=O)c1cccc(NC(=O)Oc2ccc(Cl)cc2Cc2ccccc2)c1. The molecule has 0 unspecified atom stereocenters. The zero-order valence-corrected chi connectivity index (χ0v) is 15.5. The van der Waals surface area contributed by atoms with Gasteiger partial charge in [-0.1, -0.05) is 54.1 Å². The van der Waals surface area contributed by atoms with E-state index in [0.717, 1.165) is 11.1 Å². The van der Waals surface area contributed by atoms with Crippen LogP contribution in [-0.4, -0.2) is 11.9 Å². The summed E-state index contributed by atoms with van der Waals surface area (Å²) < 4.78 is 5.48. The maximum Gasteiger partial charge on any atom is 0.417 e. The Labute approximate surface area is 162 Å². The van der Waals surface area contributed by atoms with Crippen LogP contribution in [0.5, 0.6) is 5.75 Å². The molecule has 0 aromatic heterocycles. The van der Waals surface area contributed by atoms with Gasteiger partial charge in [0, 0.05) is 28.3 Å². The van der Waals surface area contributed by atoms with Crippen LogP contribution in [0.25, 0.3) is 0 Å². The summed E-state index contributed by atoms with van der Waals surface area (Å²) in [5.74, 6) is 0.360. The summed E-state index contributed by atoms with van der Waals surface area (Å²) in [5, 5.41) is 3.22. The first kappa shape index (κ1) is 18.7. The lowest BCUT2D eigenvalue weighted by Gasteiger charge is -2.12. The van der Waals surface area contributed by atoms with Gasteiger partial charge in [0.25, 0.3) is 0 Å². The Morgan fingerprint density at radius 1 is 0.963 bits per heavy atom. The van der Waals surface area contributed by atoms with Gasteiger partial charge >= 0.3 is 6.09 Å². The number of hydrogen-bond acceptors (Lipinski definition) is 3. The quantitative estimate of drug-likeness (QED) is 0.574. The lowest BCUT2D eigenvalue weighted by Crippen LogP contribution is -2.17. The molecule has 0 fully saturated rings. The standard InChI is InChI=1S/C22H18ClNO3/c1-15(25)17-8-5-9-20(14-17)24-22(26)27-21-11-10-19(23)13-18(21)12-16-6-3-2-4-7-16/h2-11,13-14H,12H2,1H3,(H,24,26). The fraction of sp³-hybridized carbons (Fsp3) is 0.0909. The van der Waals surface area contributed by atoms with Crippen molar-refractivity contribution in [3.63, 3.8) is 0 Å². The van der Waals surface area contributed by atoms with Gasteiger partial charge in [-0.25, -0.2) is 4.79 Å². The van der Waals surface area contributed by atoms with E-state index >= 15 is 0 Å². The molecule has 136 valence electrons. The van der Waals surface area contributed by atoms with Crippen molar-refractivity contribution in [1.29, 1.82) is 0 Å². The molecule has 1 amide bonds. The number of Topliss-reactive ketones (excluding diaryl/α,β-unsaturated/α-hetero) is 1. The minimum Gasteiger partial charge on any atom is -0.410 e. The smallest absolute Gasteiger partial charge is 0.410 e. The number of nitrogens with one attached hydrogen (secondary N) is 1. The highest BCUT2D eigenvalue weighted by Gasteiger charge is 2.12. The van der Waals surface area contributed by atoms with Gasteiger partial charge in [-0.3, -0.25) is 10.1 Å². The molecule has 0 aliphatic heterocycles. The van der Waals surface area contributed by atoms with E-state index in [1.54, 1.807) is 42.5 Å². The van der Waals surface area contributed by atoms with Crippen LogP contribution in [0.15, 0.2) is 72.8 Å². The van der Waals surface area contributed by atoms with Gasteiger partial charge in [-0.2, -0.15) is 0 Å². The summed E-state index contributed by atoms with van der Waals surface area (Å²) in [5.41, 5.74) is 2.90. The fourth-order valence-electron chi connectivity index (χ4n) is 2.66. The third kappa shape index (κ3) is 5.19. The van der Waals surface area contributed by atoms with Crippen molar-refractivity contribution >= 4 is 29.2 Å². The van der Waals surface area contributed by atoms with Gasteiger partial charge in [-0.05, 0) is 42.8 Å². The largest absolute Gasteiger partial charge is 0.417 e. The van der Waals surface area contributed by atoms with Crippen LogP contribution < -0.4 is 10.1 Å². The highest BCUT2D eigenvalue weighted by Crippen LogP contribution is 2.26. The van der Waals surface area contributed by atoms with Gasteiger partial charge in [0.05, 0.1) is 0 Å². The Bertz CT molecular complexity index is 970. The summed E-state index contributed by atoms with van der Waals surface area (Å²) >= 11 is 6.11. The maximum atomic E-state index is 12.3. The molecule has 0 spiro atoms. The molecule has 0 heterocycles. The van der Waals surface area contributed by atoms with Crippen LogP contribution in [0.1, 0.15) is 28.4 Å². The molecule has 0 saturated heterocycles. The molecule has 0 aliphatic rings. The molecule has 0 saturated carbocycles. The lowest BCUT2D eigenvalue weighted by atomic mass is 10.0. The van der Waals surface area contributed by atoms with Gasteiger partial charge in [0.2, 0.25) is 0 Å². The summed E-state index contributed by atoms with van der Waals surface area (Å²) in [6.07, 6.45) is -0.0450. The molecule has 3 aromatic rings. The van der Waals surface area contributed by atoms with Gasteiger partial charge in [-0.15, -0.1) is 0 Å². The predicted molar refractivity (Wildman–Crippen MR) is 107 cm³/mol. The molecule has 0 aliphatic carbocycles. The van der Waals surface area contributed by atoms with E-state index in [4.69, 9.17) is 16.3 Å². The predicted octanol–water partition coefficient (Wildman–Crippen LogP) is 5.74. The number of amides is 1. The molecule has 3 rings (SSSR count). The van der Waals surface area contributed by atoms with Crippen LogP contribution in [0.4, 0.5) is 10.5 Å². The summed E-state index contributed by atoms with van der Waals surface area (Å²) in [6.45, 7) is 1.47. The highest BCUT2D eigenvalue weighted by atomic mass is 35.5. The van der Waals surface area contributed by atoms with Crippen LogP contribution in [0, 0.1) is 0 Å². The molecule has 0 radical (unpaired) electrons. The number of anilines is 1. The first-order valence-corrected chi connectivity index (χ1v) is 8.81. The van der Waals surface area contributed by atoms with Gasteiger partial charge < -0.3 is 4.74 Å². The molecular formula is C22H18ClNO3. The van der Waals surface area contributed by atoms with Crippen molar-refractivity contribution in [1.82, 2.24) is 0 Å². The molecular weight excluding hydrogens is 362 g/mol. The second kappa shape index (κ2) is 8.52. The third-order valence-corrected chi connectivity index (χ3v) is 4.21. The van der Waals surface area contributed by atoms with Crippen molar-refractivity contribution in [2.75, 3.05) is 5.32 Å². The second-order valence-corrected chi connectivity index (χ2v) is 6.50. The Hall–Kier alpha value is -3.11. The normalized spacial score (nSPS) is 10.3. The van der Waals surface area contributed by atoms with Crippen LogP contribution >= 0.6 is 11.6 Å². The fourth-order valence-corrected chi connectivity index (χ4v) is 2.86. The van der Waals surface area contributed by atoms with Gasteiger partial charge in [0.1, 0.15) is 5.75 Å². The van der Waals surface area contributed by atoms with Crippen molar-refractivity contribution in [3.8, 4) is 5.75 Å². The maximum absolute atomic E-state index is 12.3. The van der Waals surface area contributed by atoms with E-state index in [2.05, 4.69) is 5.32 Å². The molecule has 4 nitrogen and oxygen atoms in total. The number of ether oxygens (including phenoxy) is 1. The number of hydrogen-bond donors (Lipinski definition) is 1. The van der Waals surface area contributed by atoms with E-state index in [9.17, 15) is 9.59 Å². The summed E-state index contributed by atoms with van der Waals surface area (Å²) in [4.78, 5) is 23.8. The van der Waals surface area contributed by atoms with Crippen molar-refractivity contribution in [2.45, 2.75) is 13.3 Å². The average molecular weight is 380 g/mol. The molecule has 3 aromatic carbocycles. The number of rotatable bonds is 5. The first-order valence-electron chi connectivity index (χ1n) is 8.43. The van der Waals surface area contributed by atoms with E-state index in [0.29, 0.717) is 28.4 Å². The zero-order valence-electron chi connectivity index (χ0n) is 14.7. The molecule has 1 N–H and O–H groups in total. The summed E-state index contributed by atoms with van der Waals surface area (Å²) in [7, 11) is 0. The number of ketones is 1. The molecule has 0 bridgehead atoms. The van der Waals surface area contributed by atoms with Gasteiger partial charge in [0.15, 0.2) is 5.78 Å². The minimum absolute atomic E-state index is 0.0742. The van der Waals surface area contributed by atoms with Crippen molar-refractivity contribution in [2.24, 2.45) is 0 Å². The number of carbonyl (C=O) groups excluding carboxylic acids is 2. The van der Waals surface area contributed by atoms with E-state index < -0.39 is 6.09 Å². The van der Waals surface area contributed by atoms with Crippen molar-refractivity contribution < 1.29 is 14.3 Å². The minimum atomic E-state index is -0.632. The summed E-state index contributed by atoms with van der Waals surface area (Å²) in [6, 6.07) is 21.7. The van der Waals surface area contributed by atoms with Crippen LogP contribution in [0.2, 0.25) is 5.02 Å². The van der Waals surface area contributed by atoms with E-state index in [1.807, 2.05) is 30.3 Å².